The van der Waals surface area contributed by atoms with E-state index in [1.807, 2.05) is 32.0 Å². The molecule has 1 amide bonds. The number of halogens is 1. The summed E-state index contributed by atoms with van der Waals surface area (Å²) in [5, 5.41) is 3.34. The van der Waals surface area contributed by atoms with Crippen LogP contribution in [0.2, 0.25) is 5.02 Å². The van der Waals surface area contributed by atoms with Crippen LogP contribution in [0, 0.1) is 13.8 Å². The van der Waals surface area contributed by atoms with Gasteiger partial charge in [0.15, 0.2) is 5.82 Å². The molecular weight excluding hydrogens is 368 g/mol. The summed E-state index contributed by atoms with van der Waals surface area (Å²) in [4.78, 5) is 41.1. The minimum absolute atomic E-state index is 0.245. The van der Waals surface area contributed by atoms with Crippen LogP contribution in [0.4, 0.5) is 5.82 Å². The van der Waals surface area contributed by atoms with Gasteiger partial charge in [-0.1, -0.05) is 23.2 Å². The first-order chi connectivity index (χ1) is 13.0. The molecule has 7 nitrogen and oxygen atoms in total. The van der Waals surface area contributed by atoms with Crippen molar-refractivity contribution >= 4 is 29.5 Å². The van der Waals surface area contributed by atoms with Crippen LogP contribution in [0.1, 0.15) is 21.5 Å². The Morgan fingerprint density at radius 2 is 1.81 bits per heavy atom. The molecule has 0 aliphatic carbocycles. The normalized spacial score (nSPS) is 9.59. The third-order valence-corrected chi connectivity index (χ3v) is 3.89. The van der Waals surface area contributed by atoms with Crippen molar-refractivity contribution in [2.45, 2.75) is 13.8 Å². The van der Waals surface area contributed by atoms with E-state index in [0.717, 1.165) is 16.7 Å². The summed E-state index contributed by atoms with van der Waals surface area (Å²) in [5.74, 6) is 0.134. The maximum atomic E-state index is 12.3. The number of aromatic nitrogens is 3. The molecule has 0 spiro atoms. The van der Waals surface area contributed by atoms with Gasteiger partial charge >= 0.3 is 6.15 Å². The van der Waals surface area contributed by atoms with E-state index < -0.39 is 0 Å². The van der Waals surface area contributed by atoms with Gasteiger partial charge in [0.2, 0.25) is 0 Å². The summed E-state index contributed by atoms with van der Waals surface area (Å²) in [5.41, 5.74) is 3.90. The van der Waals surface area contributed by atoms with Gasteiger partial charge in [-0.2, -0.15) is 9.59 Å². The molecule has 1 aromatic carbocycles. The smallest absolute Gasteiger partial charge is 0.305 e. The maximum Gasteiger partial charge on any atom is 0.373 e. The highest BCUT2D eigenvalue weighted by atomic mass is 35.5. The van der Waals surface area contributed by atoms with Crippen molar-refractivity contribution in [2.75, 3.05) is 5.32 Å². The van der Waals surface area contributed by atoms with Crippen molar-refractivity contribution in [3.63, 3.8) is 0 Å². The number of aryl methyl sites for hydroxylation is 2. The second-order valence-electron chi connectivity index (χ2n) is 5.50. The standard InChI is InChI=1S/C18H15ClN4O.CO2/c1-11-3-4-15(19)14(7-11)16-9-22-17(10-21-16)23-18(24)13-5-6-20-8-12(13)2;2-1-3/h3-10H,1-2H3,(H,22,23,24);. The summed E-state index contributed by atoms with van der Waals surface area (Å²) < 4.78 is 0. The van der Waals surface area contributed by atoms with Crippen molar-refractivity contribution in [3.05, 3.63) is 70.8 Å². The number of hydrogen-bond donors (Lipinski definition) is 1. The van der Waals surface area contributed by atoms with E-state index in [0.29, 0.717) is 22.1 Å². The quantitative estimate of drug-likeness (QED) is 0.744. The van der Waals surface area contributed by atoms with Gasteiger partial charge < -0.3 is 5.32 Å². The molecular formula is C19H15ClN4O3. The number of hydrogen-bond acceptors (Lipinski definition) is 6. The van der Waals surface area contributed by atoms with Crippen molar-refractivity contribution in [1.82, 2.24) is 15.0 Å². The minimum atomic E-state index is -0.245. The summed E-state index contributed by atoms with van der Waals surface area (Å²) in [7, 11) is 0. The summed E-state index contributed by atoms with van der Waals surface area (Å²) in [6.07, 6.45) is 6.58. The molecule has 0 atom stereocenters. The molecule has 2 heterocycles. The summed E-state index contributed by atoms with van der Waals surface area (Å²) >= 11 is 6.21. The first kappa shape index (κ1) is 19.9. The highest BCUT2D eigenvalue weighted by Gasteiger charge is 2.11. The van der Waals surface area contributed by atoms with Crippen LogP contribution in [-0.2, 0) is 9.59 Å². The van der Waals surface area contributed by atoms with E-state index in [-0.39, 0.29) is 12.1 Å². The van der Waals surface area contributed by atoms with Crippen molar-refractivity contribution in [1.29, 1.82) is 0 Å². The van der Waals surface area contributed by atoms with Gasteiger partial charge in [0.25, 0.3) is 5.91 Å². The van der Waals surface area contributed by atoms with Gasteiger partial charge in [-0.3, -0.25) is 14.8 Å². The van der Waals surface area contributed by atoms with Crippen LogP contribution in [-0.4, -0.2) is 27.0 Å². The zero-order chi connectivity index (χ0) is 19.8. The Hall–Kier alpha value is -3.41. The zero-order valence-electron chi connectivity index (χ0n) is 14.6. The molecule has 0 saturated carbocycles. The molecule has 0 saturated heterocycles. The number of anilines is 1. The average molecular weight is 383 g/mol. The number of carbonyl (C=O) groups excluding carboxylic acids is 3. The van der Waals surface area contributed by atoms with Crippen LogP contribution >= 0.6 is 11.6 Å². The first-order valence-electron chi connectivity index (χ1n) is 7.76. The van der Waals surface area contributed by atoms with E-state index >= 15 is 0 Å². The van der Waals surface area contributed by atoms with Crippen molar-refractivity contribution < 1.29 is 14.4 Å². The van der Waals surface area contributed by atoms with Crippen LogP contribution in [0.3, 0.4) is 0 Å². The number of pyridine rings is 1. The van der Waals surface area contributed by atoms with E-state index in [1.54, 1.807) is 24.7 Å². The van der Waals surface area contributed by atoms with Gasteiger partial charge in [0.05, 0.1) is 23.1 Å². The fraction of sp³-hybridized carbons (Fsp3) is 0.105. The van der Waals surface area contributed by atoms with Crippen molar-refractivity contribution in [2.24, 2.45) is 0 Å². The summed E-state index contributed by atoms with van der Waals surface area (Å²) in [6.45, 7) is 3.81. The van der Waals surface area contributed by atoms with E-state index in [2.05, 4.69) is 20.3 Å². The Morgan fingerprint density at radius 3 is 2.44 bits per heavy atom. The van der Waals surface area contributed by atoms with Gasteiger partial charge in [0.1, 0.15) is 0 Å². The highest BCUT2D eigenvalue weighted by Crippen LogP contribution is 2.27. The van der Waals surface area contributed by atoms with Crippen LogP contribution < -0.4 is 5.32 Å². The van der Waals surface area contributed by atoms with Crippen LogP contribution in [0.15, 0.2) is 49.1 Å². The Morgan fingerprint density at radius 1 is 1.07 bits per heavy atom. The molecule has 0 fully saturated rings. The second kappa shape index (κ2) is 9.33. The van der Waals surface area contributed by atoms with Crippen LogP contribution in [0.25, 0.3) is 11.3 Å². The molecule has 136 valence electrons. The molecule has 0 aliphatic heterocycles. The number of benzene rings is 1. The fourth-order valence-electron chi connectivity index (χ4n) is 2.28. The average Bonchev–Trinajstić information content (AvgIpc) is 2.65. The Labute approximate surface area is 160 Å². The Bertz CT molecular complexity index is 984. The first-order valence-corrected chi connectivity index (χ1v) is 8.14. The molecule has 0 aliphatic rings. The van der Waals surface area contributed by atoms with Gasteiger partial charge in [-0.05, 0) is 37.6 Å². The third-order valence-electron chi connectivity index (χ3n) is 3.56. The van der Waals surface area contributed by atoms with Gasteiger partial charge in [0, 0.05) is 23.5 Å². The lowest BCUT2D eigenvalue weighted by molar-refractivity contribution is -0.191. The topological polar surface area (TPSA) is 102 Å². The lowest BCUT2D eigenvalue weighted by Gasteiger charge is -2.08. The molecule has 0 unspecified atom stereocenters. The van der Waals surface area contributed by atoms with Gasteiger partial charge in [-0.25, -0.2) is 4.98 Å². The number of nitrogens with one attached hydrogen (secondary N) is 1. The van der Waals surface area contributed by atoms with E-state index in [9.17, 15) is 4.79 Å². The molecule has 3 aromatic rings. The molecule has 1 N–H and O–H groups in total. The number of nitrogens with zero attached hydrogens (tertiary/aromatic N) is 3. The van der Waals surface area contributed by atoms with Crippen molar-refractivity contribution in [3.8, 4) is 11.3 Å². The molecule has 0 bridgehead atoms. The van der Waals surface area contributed by atoms with E-state index in [1.165, 1.54) is 6.20 Å². The lowest BCUT2D eigenvalue weighted by Crippen LogP contribution is -2.14. The molecule has 3 rings (SSSR count). The molecule has 8 heteroatoms. The Balaban J connectivity index is 0.000000817. The number of amides is 1. The largest absolute Gasteiger partial charge is 0.373 e. The van der Waals surface area contributed by atoms with Crippen LogP contribution in [0.5, 0.6) is 0 Å². The monoisotopic (exact) mass is 382 g/mol. The molecule has 27 heavy (non-hydrogen) atoms. The SMILES string of the molecule is Cc1ccc(Cl)c(-c2cnc(NC(=O)c3ccncc3C)cn2)c1.O=C=O. The zero-order valence-corrected chi connectivity index (χ0v) is 15.3. The molecule has 0 radical (unpaired) electrons. The Kier molecular flexibility index (Phi) is 6.88. The highest BCUT2D eigenvalue weighted by molar-refractivity contribution is 6.33. The molecule has 2 aromatic heterocycles. The maximum absolute atomic E-state index is 12.3. The number of rotatable bonds is 3. The summed E-state index contributed by atoms with van der Waals surface area (Å²) in [6, 6.07) is 7.38. The minimum Gasteiger partial charge on any atom is -0.305 e. The predicted octanol–water partition coefficient (Wildman–Crippen LogP) is 3.48. The predicted molar refractivity (Wildman–Crippen MR) is 99.1 cm³/mol. The second-order valence-corrected chi connectivity index (χ2v) is 5.91. The number of carbonyl (C=O) groups is 1. The lowest BCUT2D eigenvalue weighted by atomic mass is 10.1. The fourth-order valence-corrected chi connectivity index (χ4v) is 2.49. The third kappa shape index (κ3) is 5.28. The van der Waals surface area contributed by atoms with Gasteiger partial charge in [-0.15, -0.1) is 0 Å². The van der Waals surface area contributed by atoms with E-state index in [4.69, 9.17) is 21.2 Å².